The van der Waals surface area contributed by atoms with Crippen molar-refractivity contribution in [1.29, 1.82) is 0 Å². The van der Waals surface area contributed by atoms with Gasteiger partial charge in [0.05, 0.1) is 5.69 Å². The molecule has 0 spiro atoms. The molecule has 19 heavy (non-hydrogen) atoms. The fourth-order valence-electron chi connectivity index (χ4n) is 2.46. The third-order valence-electron chi connectivity index (χ3n) is 3.61. The van der Waals surface area contributed by atoms with Crippen LogP contribution in [0.1, 0.15) is 16.1 Å². The van der Waals surface area contributed by atoms with Gasteiger partial charge >= 0.3 is 0 Å². The number of thiophene rings is 1. The fraction of sp³-hybridized carbons (Fsp3) is 0.385. The molecule has 1 amide bonds. The summed E-state index contributed by atoms with van der Waals surface area (Å²) in [5.41, 5.74) is 12.3. The van der Waals surface area contributed by atoms with Gasteiger partial charge < -0.3 is 16.4 Å². The van der Waals surface area contributed by atoms with Gasteiger partial charge in [-0.15, -0.1) is 11.3 Å². The van der Waals surface area contributed by atoms with Gasteiger partial charge in [0.2, 0.25) is 0 Å². The van der Waals surface area contributed by atoms with E-state index in [1.807, 2.05) is 17.0 Å². The van der Waals surface area contributed by atoms with Crippen molar-refractivity contribution in [2.24, 2.45) is 11.7 Å². The molecule has 1 aliphatic heterocycles. The number of nitrogens with two attached hydrogens (primary N) is 2. The summed E-state index contributed by atoms with van der Waals surface area (Å²) >= 11 is 1.37. The summed E-state index contributed by atoms with van der Waals surface area (Å²) in [7, 11) is 0. The monoisotopic (exact) mass is 276 g/mol. The van der Waals surface area contributed by atoms with Crippen LogP contribution < -0.4 is 11.5 Å². The Kier molecular flexibility index (Phi) is 3.12. The number of amides is 1. The smallest absolute Gasteiger partial charge is 0.266 e. The van der Waals surface area contributed by atoms with Gasteiger partial charge in [-0.3, -0.25) is 4.79 Å². The number of pyridine rings is 1. The van der Waals surface area contributed by atoms with Gasteiger partial charge in [-0.1, -0.05) is 0 Å². The number of hydrogen-bond donors (Lipinski definition) is 2. The summed E-state index contributed by atoms with van der Waals surface area (Å²) in [5.74, 6) is 0.425. The first-order valence-electron chi connectivity index (χ1n) is 6.33. The lowest BCUT2D eigenvalue weighted by Gasteiger charge is -2.15. The maximum Gasteiger partial charge on any atom is 0.266 e. The summed E-state index contributed by atoms with van der Waals surface area (Å²) in [6, 6.07) is 3.73. The zero-order valence-corrected chi connectivity index (χ0v) is 11.3. The Bertz CT molecular complexity index is 624. The standard InChI is InChI=1S/C13H16N4OS/c14-6-8-3-5-17(7-8)13(18)11-10(15)9-2-1-4-16-12(9)19-11/h1-2,4,8H,3,5-7,14-15H2. The minimum atomic E-state index is 0.0106. The van der Waals surface area contributed by atoms with Gasteiger partial charge in [-0.2, -0.15) is 0 Å². The third kappa shape index (κ3) is 2.06. The van der Waals surface area contributed by atoms with Crippen LogP contribution >= 0.6 is 11.3 Å². The number of rotatable bonds is 2. The topological polar surface area (TPSA) is 85.2 Å². The Morgan fingerprint density at radius 1 is 1.58 bits per heavy atom. The molecule has 0 aromatic carbocycles. The summed E-state index contributed by atoms with van der Waals surface area (Å²) in [4.78, 5) is 20.0. The molecule has 1 saturated heterocycles. The van der Waals surface area contributed by atoms with Crippen molar-refractivity contribution < 1.29 is 4.79 Å². The van der Waals surface area contributed by atoms with Gasteiger partial charge in [0, 0.05) is 24.7 Å². The molecule has 2 aromatic rings. The van der Waals surface area contributed by atoms with Gasteiger partial charge in [-0.25, -0.2) is 4.98 Å². The summed E-state index contributed by atoms with van der Waals surface area (Å²) in [5, 5.41) is 0.866. The van der Waals surface area contributed by atoms with Gasteiger partial charge in [-0.05, 0) is 31.0 Å². The van der Waals surface area contributed by atoms with E-state index in [0.29, 0.717) is 23.0 Å². The maximum absolute atomic E-state index is 12.5. The fourth-order valence-corrected chi connectivity index (χ4v) is 3.49. The van der Waals surface area contributed by atoms with E-state index in [1.165, 1.54) is 11.3 Å². The lowest BCUT2D eigenvalue weighted by atomic mass is 10.1. The van der Waals surface area contributed by atoms with Crippen LogP contribution in [0.25, 0.3) is 10.2 Å². The molecule has 1 fully saturated rings. The van der Waals surface area contributed by atoms with Crippen molar-refractivity contribution in [3.8, 4) is 0 Å². The van der Waals surface area contributed by atoms with Crippen LogP contribution in [0.2, 0.25) is 0 Å². The van der Waals surface area contributed by atoms with Crippen LogP contribution in [0.4, 0.5) is 5.69 Å². The lowest BCUT2D eigenvalue weighted by molar-refractivity contribution is 0.0793. The molecule has 4 N–H and O–H groups in total. The quantitative estimate of drug-likeness (QED) is 0.865. The van der Waals surface area contributed by atoms with Crippen molar-refractivity contribution >= 4 is 33.1 Å². The Hall–Kier alpha value is -1.66. The number of nitrogens with zero attached hydrogens (tertiary/aromatic N) is 2. The molecule has 2 aromatic heterocycles. The maximum atomic E-state index is 12.5. The van der Waals surface area contributed by atoms with Crippen LogP contribution in [-0.4, -0.2) is 35.4 Å². The SMILES string of the molecule is NCC1CCN(C(=O)c2sc3ncccc3c2N)C1. The number of nitrogen functional groups attached to an aromatic ring is 1. The molecule has 3 rings (SSSR count). The van der Waals surface area contributed by atoms with E-state index in [1.54, 1.807) is 6.20 Å². The average molecular weight is 276 g/mol. The largest absolute Gasteiger partial charge is 0.397 e. The third-order valence-corrected chi connectivity index (χ3v) is 4.72. The van der Waals surface area contributed by atoms with E-state index >= 15 is 0 Å². The predicted molar refractivity (Wildman–Crippen MR) is 77.1 cm³/mol. The van der Waals surface area contributed by atoms with E-state index in [2.05, 4.69) is 4.98 Å². The molecule has 5 nitrogen and oxygen atoms in total. The highest BCUT2D eigenvalue weighted by Gasteiger charge is 2.28. The van der Waals surface area contributed by atoms with E-state index in [0.717, 1.165) is 29.7 Å². The molecule has 3 heterocycles. The Morgan fingerprint density at radius 3 is 3.11 bits per heavy atom. The van der Waals surface area contributed by atoms with Gasteiger partial charge in [0.15, 0.2) is 0 Å². The summed E-state index contributed by atoms with van der Waals surface area (Å²) in [6.45, 7) is 2.13. The van der Waals surface area contributed by atoms with Crippen molar-refractivity contribution in [2.75, 3.05) is 25.4 Å². The first kappa shape index (κ1) is 12.4. The van der Waals surface area contributed by atoms with Crippen LogP contribution in [-0.2, 0) is 0 Å². The Morgan fingerprint density at radius 2 is 2.42 bits per heavy atom. The number of hydrogen-bond acceptors (Lipinski definition) is 5. The number of likely N-dealkylation sites (tertiary alicyclic amines) is 1. The minimum absolute atomic E-state index is 0.0106. The highest BCUT2D eigenvalue weighted by molar-refractivity contribution is 7.21. The van der Waals surface area contributed by atoms with E-state index in [9.17, 15) is 4.79 Å². The van der Waals surface area contributed by atoms with E-state index in [-0.39, 0.29) is 5.91 Å². The summed E-state index contributed by atoms with van der Waals surface area (Å²) < 4.78 is 0. The number of anilines is 1. The van der Waals surface area contributed by atoms with Crippen molar-refractivity contribution in [3.63, 3.8) is 0 Å². The summed E-state index contributed by atoms with van der Waals surface area (Å²) in [6.07, 6.45) is 2.69. The number of fused-ring (bicyclic) bond motifs is 1. The van der Waals surface area contributed by atoms with Crippen molar-refractivity contribution in [3.05, 3.63) is 23.2 Å². The van der Waals surface area contributed by atoms with Crippen LogP contribution in [0.15, 0.2) is 18.3 Å². The first-order valence-corrected chi connectivity index (χ1v) is 7.14. The number of carbonyl (C=O) groups excluding carboxylic acids is 1. The van der Waals surface area contributed by atoms with Crippen molar-refractivity contribution in [2.45, 2.75) is 6.42 Å². The number of aromatic nitrogens is 1. The molecule has 0 radical (unpaired) electrons. The highest BCUT2D eigenvalue weighted by Crippen LogP contribution is 2.33. The Labute approximate surface area is 115 Å². The average Bonchev–Trinajstić information content (AvgIpc) is 3.04. The molecule has 1 atom stereocenters. The van der Waals surface area contributed by atoms with Crippen LogP contribution in [0, 0.1) is 5.92 Å². The van der Waals surface area contributed by atoms with E-state index in [4.69, 9.17) is 11.5 Å². The van der Waals surface area contributed by atoms with Crippen LogP contribution in [0.5, 0.6) is 0 Å². The molecular weight excluding hydrogens is 260 g/mol. The van der Waals surface area contributed by atoms with E-state index < -0.39 is 0 Å². The second kappa shape index (κ2) is 4.79. The Balaban J connectivity index is 1.92. The minimum Gasteiger partial charge on any atom is -0.397 e. The normalized spacial score (nSPS) is 19.2. The zero-order chi connectivity index (χ0) is 13.4. The zero-order valence-electron chi connectivity index (χ0n) is 10.5. The lowest BCUT2D eigenvalue weighted by Crippen LogP contribution is -2.29. The van der Waals surface area contributed by atoms with Gasteiger partial charge in [0.25, 0.3) is 5.91 Å². The molecular formula is C13H16N4OS. The molecule has 6 heteroatoms. The molecule has 0 saturated carbocycles. The molecule has 0 aliphatic carbocycles. The second-order valence-corrected chi connectivity index (χ2v) is 5.84. The van der Waals surface area contributed by atoms with Crippen molar-refractivity contribution in [1.82, 2.24) is 9.88 Å². The van der Waals surface area contributed by atoms with Gasteiger partial charge in [0.1, 0.15) is 9.71 Å². The second-order valence-electron chi connectivity index (χ2n) is 4.84. The molecule has 0 bridgehead atoms. The number of carbonyl (C=O) groups is 1. The highest BCUT2D eigenvalue weighted by atomic mass is 32.1. The predicted octanol–water partition coefficient (Wildman–Crippen LogP) is 1.30. The molecule has 100 valence electrons. The first-order chi connectivity index (χ1) is 9.20. The molecule has 1 unspecified atom stereocenters. The van der Waals surface area contributed by atoms with Crippen LogP contribution in [0.3, 0.4) is 0 Å². The molecule has 1 aliphatic rings.